The van der Waals surface area contributed by atoms with Crippen molar-refractivity contribution in [2.24, 2.45) is 0 Å². The molecule has 2 N–H and O–H groups in total. The number of nitrogens with zero attached hydrogens (tertiary/aromatic N) is 5. The van der Waals surface area contributed by atoms with E-state index in [1.807, 2.05) is 22.7 Å². The van der Waals surface area contributed by atoms with Gasteiger partial charge in [-0.25, -0.2) is 4.98 Å². The molecular weight excluding hydrogens is 252 g/mol. The number of aromatic nitrogens is 4. The van der Waals surface area contributed by atoms with Crippen molar-refractivity contribution in [2.75, 3.05) is 17.2 Å². The molecule has 4 rings (SSSR count). The summed E-state index contributed by atoms with van der Waals surface area (Å²) in [6, 6.07) is 6.11. The van der Waals surface area contributed by atoms with Gasteiger partial charge < -0.3 is 10.6 Å². The van der Waals surface area contributed by atoms with Crippen LogP contribution >= 0.6 is 0 Å². The van der Waals surface area contributed by atoms with Gasteiger partial charge in [-0.15, -0.1) is 10.2 Å². The molecule has 6 nitrogen and oxygen atoms in total. The van der Waals surface area contributed by atoms with Gasteiger partial charge in [0.15, 0.2) is 5.82 Å². The number of benzene rings is 1. The smallest absolute Gasteiger partial charge is 0.203 e. The molecule has 3 heterocycles. The summed E-state index contributed by atoms with van der Waals surface area (Å²) in [7, 11) is 0. The molecule has 2 aromatic heterocycles. The van der Waals surface area contributed by atoms with Crippen LogP contribution in [0.25, 0.3) is 5.65 Å². The molecule has 0 saturated heterocycles. The van der Waals surface area contributed by atoms with Crippen molar-refractivity contribution >= 4 is 17.2 Å². The van der Waals surface area contributed by atoms with Crippen molar-refractivity contribution in [3.05, 3.63) is 48.0 Å². The zero-order valence-electron chi connectivity index (χ0n) is 10.9. The number of rotatable bonds is 1. The van der Waals surface area contributed by atoms with E-state index in [2.05, 4.69) is 26.1 Å². The summed E-state index contributed by atoms with van der Waals surface area (Å²) in [6.45, 7) is 1.68. The molecular formula is C14H14N6. The first kappa shape index (κ1) is 11.2. The first-order chi connectivity index (χ1) is 9.83. The van der Waals surface area contributed by atoms with Gasteiger partial charge in [0.05, 0.1) is 0 Å². The topological polar surface area (TPSA) is 72.3 Å². The van der Waals surface area contributed by atoms with Gasteiger partial charge in [0.2, 0.25) is 5.65 Å². The molecule has 0 spiro atoms. The van der Waals surface area contributed by atoms with E-state index in [1.165, 1.54) is 11.1 Å². The summed E-state index contributed by atoms with van der Waals surface area (Å²) in [4.78, 5) is 6.68. The SMILES string of the molecule is Nc1cccc2c1CN(c1nccn3cnnc13)CC2. The molecule has 0 saturated carbocycles. The molecule has 1 aromatic carbocycles. The van der Waals surface area contributed by atoms with Crippen molar-refractivity contribution in [3.8, 4) is 0 Å². The highest BCUT2D eigenvalue weighted by atomic mass is 15.3. The quantitative estimate of drug-likeness (QED) is 0.671. The molecule has 3 aromatic rings. The number of nitrogen functional groups attached to an aromatic ring is 1. The highest BCUT2D eigenvalue weighted by Gasteiger charge is 2.21. The summed E-state index contributed by atoms with van der Waals surface area (Å²) in [5.41, 5.74) is 10.2. The molecule has 1 aliphatic heterocycles. The number of nitrogens with two attached hydrogens (primary N) is 1. The summed E-state index contributed by atoms with van der Waals surface area (Å²) in [6.07, 6.45) is 6.28. The Labute approximate surface area is 115 Å². The Morgan fingerprint density at radius 1 is 1.25 bits per heavy atom. The van der Waals surface area contributed by atoms with Crippen molar-refractivity contribution in [1.29, 1.82) is 0 Å². The lowest BCUT2D eigenvalue weighted by atomic mass is 9.98. The van der Waals surface area contributed by atoms with E-state index in [4.69, 9.17) is 5.73 Å². The van der Waals surface area contributed by atoms with Crippen LogP contribution in [0.3, 0.4) is 0 Å². The maximum atomic E-state index is 6.09. The third-order valence-corrected chi connectivity index (χ3v) is 3.81. The maximum absolute atomic E-state index is 6.09. The fourth-order valence-electron chi connectivity index (χ4n) is 2.76. The van der Waals surface area contributed by atoms with E-state index < -0.39 is 0 Å². The van der Waals surface area contributed by atoms with Gasteiger partial charge in [0.25, 0.3) is 0 Å². The minimum atomic E-state index is 0.765. The lowest BCUT2D eigenvalue weighted by Crippen LogP contribution is -2.32. The molecule has 0 atom stereocenters. The highest BCUT2D eigenvalue weighted by Crippen LogP contribution is 2.28. The van der Waals surface area contributed by atoms with E-state index in [0.717, 1.165) is 36.7 Å². The van der Waals surface area contributed by atoms with E-state index in [-0.39, 0.29) is 0 Å². The number of anilines is 2. The van der Waals surface area contributed by atoms with Crippen LogP contribution in [-0.2, 0) is 13.0 Å². The molecule has 0 fully saturated rings. The largest absolute Gasteiger partial charge is 0.398 e. The predicted octanol–water partition coefficient (Wildman–Crippen LogP) is 1.27. The Morgan fingerprint density at radius 3 is 3.15 bits per heavy atom. The lowest BCUT2D eigenvalue weighted by Gasteiger charge is -2.30. The number of fused-ring (bicyclic) bond motifs is 2. The average molecular weight is 266 g/mol. The molecule has 0 bridgehead atoms. The molecule has 20 heavy (non-hydrogen) atoms. The molecule has 100 valence electrons. The van der Waals surface area contributed by atoms with Crippen LogP contribution < -0.4 is 10.6 Å². The lowest BCUT2D eigenvalue weighted by molar-refractivity contribution is 0.722. The number of hydrogen-bond acceptors (Lipinski definition) is 5. The second-order valence-corrected chi connectivity index (χ2v) is 4.97. The summed E-state index contributed by atoms with van der Waals surface area (Å²) in [5, 5.41) is 8.09. The Bertz CT molecular complexity index is 778. The van der Waals surface area contributed by atoms with E-state index >= 15 is 0 Å². The molecule has 0 unspecified atom stereocenters. The Kier molecular flexibility index (Phi) is 2.35. The van der Waals surface area contributed by atoms with Crippen LogP contribution in [0.1, 0.15) is 11.1 Å². The van der Waals surface area contributed by atoms with Crippen molar-refractivity contribution in [1.82, 2.24) is 19.6 Å². The van der Waals surface area contributed by atoms with Crippen LogP contribution in [0.5, 0.6) is 0 Å². The minimum Gasteiger partial charge on any atom is -0.398 e. The first-order valence-corrected chi connectivity index (χ1v) is 6.58. The minimum absolute atomic E-state index is 0.765. The second kappa shape index (κ2) is 4.19. The molecule has 0 radical (unpaired) electrons. The van der Waals surface area contributed by atoms with Gasteiger partial charge in [-0.3, -0.25) is 4.40 Å². The van der Waals surface area contributed by atoms with Crippen LogP contribution in [0.2, 0.25) is 0 Å². The maximum Gasteiger partial charge on any atom is 0.203 e. The summed E-state index contributed by atoms with van der Waals surface area (Å²) < 4.78 is 1.88. The average Bonchev–Trinajstić information content (AvgIpc) is 2.96. The first-order valence-electron chi connectivity index (χ1n) is 6.58. The van der Waals surface area contributed by atoms with Gasteiger partial charge >= 0.3 is 0 Å². The molecule has 0 amide bonds. The van der Waals surface area contributed by atoms with Gasteiger partial charge in [0, 0.05) is 31.2 Å². The van der Waals surface area contributed by atoms with Crippen molar-refractivity contribution in [2.45, 2.75) is 13.0 Å². The predicted molar refractivity (Wildman–Crippen MR) is 76.4 cm³/mol. The van der Waals surface area contributed by atoms with Gasteiger partial charge in [0.1, 0.15) is 6.33 Å². The Balaban J connectivity index is 1.78. The number of hydrogen-bond donors (Lipinski definition) is 1. The van der Waals surface area contributed by atoms with E-state index in [9.17, 15) is 0 Å². The zero-order valence-corrected chi connectivity index (χ0v) is 10.9. The summed E-state index contributed by atoms with van der Waals surface area (Å²) >= 11 is 0. The second-order valence-electron chi connectivity index (χ2n) is 4.97. The van der Waals surface area contributed by atoms with Gasteiger partial charge in [-0.1, -0.05) is 12.1 Å². The van der Waals surface area contributed by atoms with Crippen LogP contribution in [0.4, 0.5) is 11.5 Å². The monoisotopic (exact) mass is 266 g/mol. The van der Waals surface area contributed by atoms with Gasteiger partial charge in [-0.05, 0) is 23.6 Å². The fraction of sp³-hybridized carbons (Fsp3) is 0.214. The summed E-state index contributed by atoms with van der Waals surface area (Å²) in [5.74, 6) is 0.860. The fourth-order valence-corrected chi connectivity index (χ4v) is 2.76. The normalized spacial score (nSPS) is 14.5. The van der Waals surface area contributed by atoms with Crippen LogP contribution in [-0.4, -0.2) is 26.1 Å². The standard InChI is InChI=1S/C14H14N6/c15-12-3-1-2-10-4-6-19(8-11(10)12)13-14-18-17-9-20(14)7-5-16-13/h1-3,5,7,9H,4,6,8,15H2. The molecule has 1 aliphatic rings. The third kappa shape index (κ3) is 1.61. The van der Waals surface area contributed by atoms with Crippen molar-refractivity contribution < 1.29 is 0 Å². The van der Waals surface area contributed by atoms with Crippen LogP contribution in [0, 0.1) is 0 Å². The highest BCUT2D eigenvalue weighted by molar-refractivity contribution is 5.65. The Morgan fingerprint density at radius 2 is 2.20 bits per heavy atom. The van der Waals surface area contributed by atoms with E-state index in [0.29, 0.717) is 0 Å². The zero-order chi connectivity index (χ0) is 13.5. The Hall–Kier alpha value is -2.63. The molecule has 0 aliphatic carbocycles. The third-order valence-electron chi connectivity index (χ3n) is 3.81. The molecule has 6 heteroatoms. The van der Waals surface area contributed by atoms with E-state index in [1.54, 1.807) is 12.5 Å². The van der Waals surface area contributed by atoms with Crippen LogP contribution in [0.15, 0.2) is 36.9 Å². The van der Waals surface area contributed by atoms with Gasteiger partial charge in [-0.2, -0.15) is 0 Å². The van der Waals surface area contributed by atoms with Crippen molar-refractivity contribution in [3.63, 3.8) is 0 Å².